The second kappa shape index (κ2) is 6.76. The van der Waals surface area contributed by atoms with Crippen molar-refractivity contribution in [3.63, 3.8) is 0 Å². The molecule has 1 heterocycles. The maximum absolute atomic E-state index is 12.6. The summed E-state index contributed by atoms with van der Waals surface area (Å²) in [5.41, 5.74) is 1.39. The number of hydrogen-bond donors (Lipinski definition) is 0. The van der Waals surface area contributed by atoms with E-state index >= 15 is 0 Å². The van der Waals surface area contributed by atoms with Crippen molar-refractivity contribution in [3.05, 3.63) is 69.6 Å². The Morgan fingerprint density at radius 2 is 1.92 bits per heavy atom. The average Bonchev–Trinajstić information content (AvgIpc) is 2.82. The van der Waals surface area contributed by atoms with E-state index in [-0.39, 0.29) is 11.5 Å². The van der Waals surface area contributed by atoms with Crippen LogP contribution in [0.4, 0.5) is 5.69 Å². The van der Waals surface area contributed by atoms with Crippen molar-refractivity contribution in [1.82, 2.24) is 0 Å². The van der Waals surface area contributed by atoms with E-state index in [1.54, 1.807) is 42.5 Å². The highest BCUT2D eigenvalue weighted by Crippen LogP contribution is 2.36. The highest BCUT2D eigenvalue weighted by Gasteiger charge is 2.33. The van der Waals surface area contributed by atoms with Crippen LogP contribution in [0.5, 0.6) is 0 Å². The summed E-state index contributed by atoms with van der Waals surface area (Å²) < 4.78 is 0.417. The largest absolute Gasteiger partial charge is 0.545 e. The molecule has 0 unspecified atom stereocenters. The fraction of sp³-hybridized carbons (Fsp3) is 0. The molecular weight excluding hydrogens is 366 g/mol. The molecule has 1 fully saturated rings. The van der Waals surface area contributed by atoms with Gasteiger partial charge in [-0.25, -0.2) is 0 Å². The number of anilines is 1. The maximum Gasteiger partial charge on any atom is 0.270 e. The summed E-state index contributed by atoms with van der Waals surface area (Å²) in [4.78, 5) is 25.3. The predicted octanol–water partition coefficient (Wildman–Crippen LogP) is 3.11. The number of hydrogen-bond acceptors (Lipinski definition) is 5. The summed E-state index contributed by atoms with van der Waals surface area (Å²) in [5, 5.41) is 11.3. The highest BCUT2D eigenvalue weighted by molar-refractivity contribution is 8.27. The lowest BCUT2D eigenvalue weighted by atomic mass is 10.1. The first-order chi connectivity index (χ1) is 11.5. The van der Waals surface area contributed by atoms with Gasteiger partial charge in [0, 0.05) is 5.02 Å². The fourth-order valence-corrected chi connectivity index (χ4v) is 3.66. The number of carbonyl (C=O) groups is 2. The van der Waals surface area contributed by atoms with Crippen LogP contribution in [0.1, 0.15) is 15.9 Å². The van der Waals surface area contributed by atoms with Gasteiger partial charge in [0.25, 0.3) is 5.91 Å². The SMILES string of the molecule is O=C([O-])c1ccc(C=C2SC(=S)N(c3cccc(Cl)c3)C2=O)cc1. The molecule has 3 rings (SSSR count). The summed E-state index contributed by atoms with van der Waals surface area (Å²) in [7, 11) is 0. The lowest BCUT2D eigenvalue weighted by molar-refractivity contribution is -0.255. The van der Waals surface area contributed by atoms with E-state index < -0.39 is 5.97 Å². The minimum Gasteiger partial charge on any atom is -0.545 e. The molecular formula is C17H9ClNO3S2-. The van der Waals surface area contributed by atoms with Crippen molar-refractivity contribution in [2.75, 3.05) is 4.90 Å². The molecule has 0 bridgehead atoms. The maximum atomic E-state index is 12.6. The zero-order valence-corrected chi connectivity index (χ0v) is 14.5. The van der Waals surface area contributed by atoms with Gasteiger partial charge >= 0.3 is 0 Å². The van der Waals surface area contributed by atoms with Gasteiger partial charge in [-0.3, -0.25) is 9.69 Å². The van der Waals surface area contributed by atoms with E-state index in [4.69, 9.17) is 23.8 Å². The lowest BCUT2D eigenvalue weighted by Gasteiger charge is -2.14. The number of benzene rings is 2. The number of aromatic carboxylic acids is 1. The van der Waals surface area contributed by atoms with E-state index in [1.807, 2.05) is 0 Å². The molecule has 0 atom stereocenters. The van der Waals surface area contributed by atoms with Crippen molar-refractivity contribution >= 4 is 63.5 Å². The van der Waals surface area contributed by atoms with Crippen molar-refractivity contribution < 1.29 is 14.7 Å². The third-order valence-electron chi connectivity index (χ3n) is 3.30. The molecule has 24 heavy (non-hydrogen) atoms. The van der Waals surface area contributed by atoms with E-state index in [1.165, 1.54) is 28.8 Å². The minimum atomic E-state index is -1.24. The average molecular weight is 375 g/mol. The Morgan fingerprint density at radius 1 is 1.21 bits per heavy atom. The summed E-state index contributed by atoms with van der Waals surface area (Å²) in [6.45, 7) is 0. The Balaban J connectivity index is 1.89. The van der Waals surface area contributed by atoms with Crippen LogP contribution in [0.3, 0.4) is 0 Å². The smallest absolute Gasteiger partial charge is 0.270 e. The zero-order valence-electron chi connectivity index (χ0n) is 12.1. The molecule has 120 valence electrons. The van der Waals surface area contributed by atoms with Crippen molar-refractivity contribution in [2.24, 2.45) is 0 Å². The van der Waals surface area contributed by atoms with E-state index in [9.17, 15) is 14.7 Å². The molecule has 0 aliphatic carbocycles. The number of amides is 1. The number of thiocarbonyl (C=S) groups is 1. The molecule has 7 heteroatoms. The molecule has 4 nitrogen and oxygen atoms in total. The number of rotatable bonds is 3. The molecule has 0 N–H and O–H groups in total. The zero-order chi connectivity index (χ0) is 17.3. The van der Waals surface area contributed by atoms with Gasteiger partial charge in [0.1, 0.15) is 0 Å². The second-order valence-electron chi connectivity index (χ2n) is 4.91. The number of carbonyl (C=O) groups excluding carboxylic acids is 2. The number of carboxylic acids is 1. The molecule has 1 saturated heterocycles. The monoisotopic (exact) mass is 374 g/mol. The third kappa shape index (κ3) is 3.36. The van der Waals surface area contributed by atoms with Gasteiger partial charge in [-0.05, 0) is 35.4 Å². The van der Waals surface area contributed by atoms with Crippen LogP contribution in [0, 0.1) is 0 Å². The van der Waals surface area contributed by atoms with E-state index in [2.05, 4.69) is 0 Å². The predicted molar refractivity (Wildman–Crippen MR) is 97.9 cm³/mol. The number of nitrogens with zero attached hydrogens (tertiary/aromatic N) is 1. The topological polar surface area (TPSA) is 60.4 Å². The Labute approximate surface area is 152 Å². The number of thioether (sulfide) groups is 1. The quantitative estimate of drug-likeness (QED) is 0.610. The Bertz CT molecular complexity index is 878. The van der Waals surface area contributed by atoms with Crippen LogP contribution < -0.4 is 10.0 Å². The summed E-state index contributed by atoms with van der Waals surface area (Å²) in [6.07, 6.45) is 1.67. The molecule has 1 aliphatic heterocycles. The van der Waals surface area contributed by atoms with Gasteiger partial charge < -0.3 is 9.90 Å². The summed E-state index contributed by atoms with van der Waals surface area (Å²) in [5.74, 6) is -1.48. The van der Waals surface area contributed by atoms with E-state index in [0.29, 0.717) is 25.5 Å². The molecule has 0 saturated carbocycles. The van der Waals surface area contributed by atoms with Crippen LogP contribution in [0.2, 0.25) is 5.02 Å². The normalized spacial score (nSPS) is 16.0. The van der Waals surface area contributed by atoms with Crippen molar-refractivity contribution in [2.45, 2.75) is 0 Å². The van der Waals surface area contributed by atoms with Crippen molar-refractivity contribution in [1.29, 1.82) is 0 Å². The molecule has 1 amide bonds. The Hall–Kier alpha value is -2.15. The van der Waals surface area contributed by atoms with Gasteiger partial charge in [0.05, 0.1) is 16.6 Å². The van der Waals surface area contributed by atoms with E-state index in [0.717, 1.165) is 0 Å². The number of halogens is 1. The lowest BCUT2D eigenvalue weighted by Crippen LogP contribution is -2.27. The number of carboxylic acid groups (broad SMARTS) is 1. The second-order valence-corrected chi connectivity index (χ2v) is 7.02. The Morgan fingerprint density at radius 3 is 2.54 bits per heavy atom. The summed E-state index contributed by atoms with van der Waals surface area (Å²) in [6, 6.07) is 13.0. The van der Waals surface area contributed by atoms with Crippen molar-refractivity contribution in [3.8, 4) is 0 Å². The van der Waals surface area contributed by atoms with Gasteiger partial charge in [-0.2, -0.15) is 0 Å². The van der Waals surface area contributed by atoms with Crippen LogP contribution in [-0.4, -0.2) is 16.2 Å². The van der Waals surface area contributed by atoms with Gasteiger partial charge in [0.15, 0.2) is 4.32 Å². The molecule has 0 radical (unpaired) electrons. The van der Waals surface area contributed by atoms with Gasteiger partial charge in [0.2, 0.25) is 0 Å². The molecule has 0 spiro atoms. The third-order valence-corrected chi connectivity index (χ3v) is 4.84. The fourth-order valence-electron chi connectivity index (χ4n) is 2.17. The van der Waals surface area contributed by atoms with Crippen LogP contribution in [0.25, 0.3) is 6.08 Å². The minimum absolute atomic E-state index is 0.0821. The summed E-state index contributed by atoms with van der Waals surface area (Å²) >= 11 is 12.4. The first kappa shape index (κ1) is 16.7. The van der Waals surface area contributed by atoms with Crippen LogP contribution in [0.15, 0.2) is 53.4 Å². The van der Waals surface area contributed by atoms with Gasteiger partial charge in [-0.15, -0.1) is 0 Å². The highest BCUT2D eigenvalue weighted by atomic mass is 35.5. The standard InChI is InChI=1S/C17H10ClNO3S2/c18-12-2-1-3-13(9-12)19-15(20)14(24-17(19)23)8-10-4-6-11(7-5-10)16(21)22/h1-9H,(H,21,22)/p-1. The first-order valence-electron chi connectivity index (χ1n) is 6.80. The molecule has 2 aromatic carbocycles. The van der Waals surface area contributed by atoms with Crippen LogP contribution in [-0.2, 0) is 4.79 Å². The first-order valence-corrected chi connectivity index (χ1v) is 8.41. The van der Waals surface area contributed by atoms with Gasteiger partial charge in [-0.1, -0.05) is 65.9 Å². The van der Waals surface area contributed by atoms with Crippen LogP contribution >= 0.6 is 35.6 Å². The molecule has 0 aromatic heterocycles. The Kier molecular flexibility index (Phi) is 4.71. The molecule has 1 aliphatic rings. The molecule has 2 aromatic rings.